The molecule has 2 aromatic heterocycles. The molecule has 0 atom stereocenters. The van der Waals surface area contributed by atoms with E-state index in [0.717, 1.165) is 58.1 Å². The summed E-state index contributed by atoms with van der Waals surface area (Å²) >= 11 is 1.03. The molecule has 34 heavy (non-hydrogen) atoms. The van der Waals surface area contributed by atoms with Crippen molar-refractivity contribution in [2.24, 2.45) is 0 Å². The number of nitrogens with zero attached hydrogens (tertiary/aromatic N) is 3. The summed E-state index contributed by atoms with van der Waals surface area (Å²) in [7, 11) is 0. The summed E-state index contributed by atoms with van der Waals surface area (Å²) in [5.74, 6) is -0.204. The Morgan fingerprint density at radius 3 is 2.62 bits per heavy atom. The molecule has 0 N–H and O–H groups in total. The summed E-state index contributed by atoms with van der Waals surface area (Å²) in [6.07, 6.45) is 5.23. The molecule has 3 heterocycles. The largest absolute Gasteiger partial charge is 0.318 e. The number of imide groups is 1. The molecule has 1 saturated heterocycles. The van der Waals surface area contributed by atoms with E-state index in [1.54, 1.807) is 6.20 Å². The third kappa shape index (κ3) is 4.29. The van der Waals surface area contributed by atoms with Crippen molar-refractivity contribution in [2.75, 3.05) is 6.54 Å². The molecule has 0 aliphatic carbocycles. The summed E-state index contributed by atoms with van der Waals surface area (Å²) in [4.78, 5) is 31.8. The molecule has 170 valence electrons. The summed E-state index contributed by atoms with van der Waals surface area (Å²) < 4.78 is 2.17. The third-order valence-electron chi connectivity index (χ3n) is 6.17. The van der Waals surface area contributed by atoms with Crippen molar-refractivity contribution >= 4 is 39.9 Å². The fourth-order valence-corrected chi connectivity index (χ4v) is 5.31. The normalized spacial score (nSPS) is 15.1. The summed E-state index contributed by atoms with van der Waals surface area (Å²) in [6.45, 7) is 4.52. The average molecular weight is 468 g/mol. The van der Waals surface area contributed by atoms with Crippen LogP contribution in [-0.2, 0) is 11.2 Å². The van der Waals surface area contributed by atoms with E-state index in [9.17, 15) is 9.59 Å². The number of fused-ring (bicyclic) bond motifs is 1. The first-order valence-corrected chi connectivity index (χ1v) is 12.2. The van der Waals surface area contributed by atoms with Crippen molar-refractivity contribution in [3.63, 3.8) is 0 Å². The molecule has 0 saturated carbocycles. The Balaban J connectivity index is 1.36. The highest BCUT2D eigenvalue weighted by Gasteiger charge is 2.34. The number of hydrogen-bond donors (Lipinski definition) is 0. The van der Waals surface area contributed by atoms with Gasteiger partial charge in [0.1, 0.15) is 0 Å². The number of aryl methyl sites for hydroxylation is 2. The molecule has 5 rings (SSSR count). The SMILES string of the molecule is Cc1cc(/C=C2/SC(=O)N(CCCc3ccccc3)C2=O)c(C)n1-c1ccc2ncccc2c1. The van der Waals surface area contributed by atoms with Gasteiger partial charge in [-0.15, -0.1) is 0 Å². The highest BCUT2D eigenvalue weighted by molar-refractivity contribution is 8.18. The summed E-state index contributed by atoms with van der Waals surface area (Å²) in [5, 5.41) is 0.880. The molecule has 1 aliphatic rings. The van der Waals surface area contributed by atoms with E-state index >= 15 is 0 Å². The highest BCUT2D eigenvalue weighted by atomic mass is 32.2. The van der Waals surface area contributed by atoms with Crippen molar-refractivity contribution < 1.29 is 9.59 Å². The van der Waals surface area contributed by atoms with Gasteiger partial charge in [0, 0.05) is 35.2 Å². The van der Waals surface area contributed by atoms with Crippen LogP contribution in [0.3, 0.4) is 0 Å². The fourth-order valence-electron chi connectivity index (χ4n) is 4.45. The minimum absolute atomic E-state index is 0.194. The van der Waals surface area contributed by atoms with Crippen molar-refractivity contribution in [1.29, 1.82) is 0 Å². The van der Waals surface area contributed by atoms with Crippen LogP contribution in [0.25, 0.3) is 22.7 Å². The van der Waals surface area contributed by atoms with Gasteiger partial charge in [-0.05, 0) is 86.0 Å². The number of carbonyl (C=O) groups excluding carboxylic acids is 2. The minimum Gasteiger partial charge on any atom is -0.318 e. The Labute approximate surface area is 203 Å². The van der Waals surface area contributed by atoms with Crippen LogP contribution >= 0.6 is 11.8 Å². The first-order valence-electron chi connectivity index (χ1n) is 11.3. The van der Waals surface area contributed by atoms with E-state index in [-0.39, 0.29) is 11.1 Å². The molecule has 0 unspecified atom stereocenters. The molecule has 1 fully saturated rings. The number of pyridine rings is 1. The van der Waals surface area contributed by atoms with Gasteiger partial charge in [-0.1, -0.05) is 36.4 Å². The molecule has 1 aliphatic heterocycles. The number of aromatic nitrogens is 2. The first kappa shape index (κ1) is 22.2. The number of rotatable bonds is 6. The lowest BCUT2D eigenvalue weighted by Crippen LogP contribution is -2.29. The Morgan fingerprint density at radius 1 is 0.971 bits per heavy atom. The number of thioether (sulfide) groups is 1. The second kappa shape index (κ2) is 9.31. The summed E-state index contributed by atoms with van der Waals surface area (Å²) in [5.41, 5.74) is 6.24. The smallest absolute Gasteiger partial charge is 0.293 e. The van der Waals surface area contributed by atoms with Gasteiger partial charge in [0.15, 0.2) is 0 Å². The minimum atomic E-state index is -0.204. The van der Waals surface area contributed by atoms with Gasteiger partial charge >= 0.3 is 0 Å². The molecule has 0 spiro atoms. The molecule has 0 bridgehead atoms. The van der Waals surface area contributed by atoms with Gasteiger partial charge in [0.2, 0.25) is 0 Å². The number of benzene rings is 2. The van der Waals surface area contributed by atoms with Crippen LogP contribution in [0.15, 0.2) is 77.8 Å². The van der Waals surface area contributed by atoms with Crippen molar-refractivity contribution in [3.05, 3.63) is 100 Å². The molecule has 0 radical (unpaired) electrons. The van der Waals surface area contributed by atoms with E-state index < -0.39 is 0 Å². The highest BCUT2D eigenvalue weighted by Crippen LogP contribution is 2.34. The Bertz CT molecular complexity index is 1420. The van der Waals surface area contributed by atoms with E-state index in [0.29, 0.717) is 11.4 Å². The predicted octanol–water partition coefficient (Wildman–Crippen LogP) is 6.31. The molecule has 4 aromatic rings. The van der Waals surface area contributed by atoms with Crippen LogP contribution in [-0.4, -0.2) is 32.1 Å². The summed E-state index contributed by atoms with van der Waals surface area (Å²) in [6, 6.07) is 22.4. The van der Waals surface area contributed by atoms with E-state index in [1.807, 2.05) is 50.3 Å². The second-order valence-corrected chi connectivity index (χ2v) is 9.46. The Morgan fingerprint density at radius 2 is 1.79 bits per heavy atom. The average Bonchev–Trinajstić information content (AvgIpc) is 3.28. The van der Waals surface area contributed by atoms with Crippen LogP contribution < -0.4 is 0 Å². The fraction of sp³-hybridized carbons (Fsp3) is 0.179. The lowest BCUT2D eigenvalue weighted by atomic mass is 10.1. The van der Waals surface area contributed by atoms with Crippen LogP contribution in [0.2, 0.25) is 0 Å². The van der Waals surface area contributed by atoms with Crippen molar-refractivity contribution in [3.8, 4) is 5.69 Å². The van der Waals surface area contributed by atoms with Crippen molar-refractivity contribution in [2.45, 2.75) is 26.7 Å². The lowest BCUT2D eigenvalue weighted by molar-refractivity contribution is -0.122. The van der Waals surface area contributed by atoms with Gasteiger partial charge in [0.25, 0.3) is 11.1 Å². The molecular formula is C28H25N3O2S. The Hall–Kier alpha value is -3.64. The van der Waals surface area contributed by atoms with Gasteiger partial charge in [-0.3, -0.25) is 19.5 Å². The maximum Gasteiger partial charge on any atom is 0.293 e. The maximum absolute atomic E-state index is 13.0. The van der Waals surface area contributed by atoms with Gasteiger partial charge in [-0.25, -0.2) is 0 Å². The quantitative estimate of drug-likeness (QED) is 0.312. The van der Waals surface area contributed by atoms with Gasteiger partial charge < -0.3 is 4.57 Å². The zero-order valence-electron chi connectivity index (χ0n) is 19.2. The predicted molar refractivity (Wildman–Crippen MR) is 138 cm³/mol. The number of carbonyl (C=O) groups is 2. The monoisotopic (exact) mass is 467 g/mol. The van der Waals surface area contributed by atoms with Gasteiger partial charge in [-0.2, -0.15) is 0 Å². The zero-order valence-corrected chi connectivity index (χ0v) is 20.0. The van der Waals surface area contributed by atoms with Crippen LogP contribution in [0.4, 0.5) is 4.79 Å². The molecule has 5 nitrogen and oxygen atoms in total. The van der Waals surface area contributed by atoms with Crippen molar-refractivity contribution in [1.82, 2.24) is 14.5 Å². The number of amides is 2. The van der Waals surface area contributed by atoms with E-state index in [4.69, 9.17) is 0 Å². The molecular weight excluding hydrogens is 442 g/mol. The van der Waals surface area contributed by atoms with Gasteiger partial charge in [0.05, 0.1) is 10.4 Å². The third-order valence-corrected chi connectivity index (χ3v) is 7.07. The topological polar surface area (TPSA) is 55.2 Å². The van der Waals surface area contributed by atoms with E-state index in [2.05, 4.69) is 45.9 Å². The molecule has 2 amide bonds. The number of hydrogen-bond acceptors (Lipinski definition) is 4. The van der Waals surface area contributed by atoms with Crippen LogP contribution in [0.5, 0.6) is 0 Å². The maximum atomic E-state index is 13.0. The lowest BCUT2D eigenvalue weighted by Gasteiger charge is -2.12. The zero-order chi connectivity index (χ0) is 23.7. The second-order valence-electron chi connectivity index (χ2n) is 8.46. The molecule has 2 aromatic carbocycles. The Kier molecular flexibility index (Phi) is 6.07. The van der Waals surface area contributed by atoms with Crippen LogP contribution in [0, 0.1) is 13.8 Å². The standard InChI is InChI=1S/C28H25N3O2S/c1-19-16-23(20(2)31(19)24-12-13-25-22(17-24)11-6-14-29-25)18-26-27(32)30(28(33)34-26)15-7-10-21-8-4-3-5-9-21/h3-6,8-9,11-14,16-18H,7,10,15H2,1-2H3/b26-18+. The molecule has 6 heteroatoms. The van der Waals surface area contributed by atoms with Crippen LogP contribution in [0.1, 0.15) is 28.9 Å². The first-order chi connectivity index (χ1) is 16.5. The van der Waals surface area contributed by atoms with E-state index in [1.165, 1.54) is 10.5 Å².